The molecule has 0 heterocycles. The summed E-state index contributed by atoms with van der Waals surface area (Å²) in [4.78, 5) is 21.5. The Morgan fingerprint density at radius 3 is 2.76 bits per heavy atom. The second-order valence-corrected chi connectivity index (χ2v) is 5.62. The van der Waals surface area contributed by atoms with Crippen molar-refractivity contribution in [2.24, 2.45) is 0 Å². The van der Waals surface area contributed by atoms with E-state index in [4.69, 9.17) is 9.84 Å². The quantitative estimate of drug-likeness (QED) is 0.419. The molecule has 0 aliphatic rings. The molecule has 7 nitrogen and oxygen atoms in total. The van der Waals surface area contributed by atoms with Gasteiger partial charge in [-0.1, -0.05) is 15.9 Å². The van der Waals surface area contributed by atoms with Gasteiger partial charge in [0.15, 0.2) is 5.75 Å². The van der Waals surface area contributed by atoms with Crippen LogP contribution in [0.1, 0.15) is 19.8 Å². The van der Waals surface area contributed by atoms with Crippen molar-refractivity contribution < 1.29 is 19.6 Å². The molecule has 0 saturated carbocycles. The average Bonchev–Trinajstić information content (AvgIpc) is 2.44. The lowest BCUT2D eigenvalue weighted by molar-refractivity contribution is -0.385. The number of hydrogen-bond acceptors (Lipinski definition) is 5. The zero-order chi connectivity index (χ0) is 16.0. The number of aliphatic carboxylic acids is 1. The van der Waals surface area contributed by atoms with E-state index in [0.29, 0.717) is 17.3 Å². The maximum absolute atomic E-state index is 11.1. The number of carbonyl (C=O) groups is 1. The lowest BCUT2D eigenvalue weighted by Gasteiger charge is -2.23. The molecule has 0 aliphatic carbocycles. The lowest BCUT2D eigenvalue weighted by atomic mass is 9.96. The molecule has 1 rings (SSSR count). The first kappa shape index (κ1) is 17.4. The molecule has 0 aromatic heterocycles. The lowest BCUT2D eigenvalue weighted by Crippen LogP contribution is -2.47. The van der Waals surface area contributed by atoms with Crippen molar-refractivity contribution in [1.82, 2.24) is 5.32 Å². The smallest absolute Gasteiger partial charge is 0.323 e. The maximum atomic E-state index is 11.1. The van der Waals surface area contributed by atoms with Crippen molar-refractivity contribution in [3.63, 3.8) is 0 Å². The second-order valence-electron chi connectivity index (χ2n) is 4.71. The van der Waals surface area contributed by atoms with E-state index >= 15 is 0 Å². The summed E-state index contributed by atoms with van der Waals surface area (Å²) in [5, 5.41) is 22.8. The Labute approximate surface area is 130 Å². The van der Waals surface area contributed by atoms with E-state index in [0.717, 1.165) is 0 Å². The molecule has 1 aromatic carbocycles. The molecule has 21 heavy (non-hydrogen) atoms. The Morgan fingerprint density at radius 2 is 2.24 bits per heavy atom. The third-order valence-corrected chi connectivity index (χ3v) is 3.71. The molecule has 1 atom stereocenters. The summed E-state index contributed by atoms with van der Waals surface area (Å²) >= 11 is 3.16. The first-order valence-electron chi connectivity index (χ1n) is 6.29. The van der Waals surface area contributed by atoms with E-state index in [1.807, 2.05) is 0 Å². The van der Waals surface area contributed by atoms with E-state index in [2.05, 4.69) is 21.2 Å². The number of carboxylic acids is 1. The van der Waals surface area contributed by atoms with Gasteiger partial charge in [-0.05, 0) is 38.9 Å². The average molecular weight is 361 g/mol. The van der Waals surface area contributed by atoms with Crippen molar-refractivity contribution in [2.45, 2.75) is 25.3 Å². The molecule has 0 aliphatic heterocycles. The van der Waals surface area contributed by atoms with Gasteiger partial charge in [-0.25, -0.2) is 0 Å². The fourth-order valence-corrected chi connectivity index (χ4v) is 2.05. The fraction of sp³-hybridized carbons (Fsp3) is 0.462. The number of rotatable bonds is 8. The van der Waals surface area contributed by atoms with Crippen molar-refractivity contribution >= 4 is 27.6 Å². The predicted molar refractivity (Wildman–Crippen MR) is 80.6 cm³/mol. The van der Waals surface area contributed by atoms with Crippen LogP contribution in [0.4, 0.5) is 5.69 Å². The predicted octanol–water partition coefficient (Wildman–Crippen LogP) is 2.58. The zero-order valence-electron chi connectivity index (χ0n) is 11.8. The number of likely N-dealkylation sites (N-methyl/N-ethyl adjacent to an activating group) is 1. The second kappa shape index (κ2) is 7.37. The van der Waals surface area contributed by atoms with Crippen LogP contribution in [-0.2, 0) is 4.79 Å². The minimum absolute atomic E-state index is 0.126. The summed E-state index contributed by atoms with van der Waals surface area (Å²) in [6, 6.07) is 4.53. The molecule has 0 spiro atoms. The minimum Gasteiger partial charge on any atom is -0.487 e. The van der Waals surface area contributed by atoms with Crippen LogP contribution in [-0.4, -0.2) is 35.2 Å². The molecule has 8 heteroatoms. The van der Waals surface area contributed by atoms with E-state index in [1.54, 1.807) is 20.0 Å². The van der Waals surface area contributed by atoms with E-state index in [9.17, 15) is 14.9 Å². The van der Waals surface area contributed by atoms with Crippen LogP contribution < -0.4 is 10.1 Å². The van der Waals surface area contributed by atoms with Gasteiger partial charge < -0.3 is 15.2 Å². The monoisotopic (exact) mass is 360 g/mol. The number of nitrogens with one attached hydrogen (secondary N) is 1. The number of benzene rings is 1. The highest BCUT2D eigenvalue weighted by molar-refractivity contribution is 9.10. The molecular formula is C13H17BrN2O5. The van der Waals surface area contributed by atoms with E-state index in [-0.39, 0.29) is 18.0 Å². The molecule has 0 radical (unpaired) electrons. The normalized spacial score (nSPS) is 13.5. The number of nitro benzene ring substituents is 1. The van der Waals surface area contributed by atoms with Crippen LogP contribution in [0.3, 0.4) is 0 Å². The minimum atomic E-state index is -1.03. The highest BCUT2D eigenvalue weighted by atomic mass is 79.9. The number of hydrogen-bond donors (Lipinski definition) is 2. The molecule has 116 valence electrons. The number of nitrogens with zero attached hydrogens (tertiary/aromatic N) is 1. The summed E-state index contributed by atoms with van der Waals surface area (Å²) in [6.07, 6.45) is 0.806. The third kappa shape index (κ3) is 4.68. The van der Waals surface area contributed by atoms with Crippen molar-refractivity contribution in [3.8, 4) is 5.75 Å². The summed E-state index contributed by atoms with van der Waals surface area (Å²) in [5.41, 5.74) is -1.16. The van der Waals surface area contributed by atoms with Gasteiger partial charge in [0.2, 0.25) is 0 Å². The first-order valence-corrected chi connectivity index (χ1v) is 7.08. The number of carboxylic acid groups (broad SMARTS) is 1. The Hall–Kier alpha value is -1.67. The van der Waals surface area contributed by atoms with Gasteiger partial charge in [-0.2, -0.15) is 0 Å². The van der Waals surface area contributed by atoms with Crippen LogP contribution in [0.5, 0.6) is 5.75 Å². The fourth-order valence-electron chi connectivity index (χ4n) is 1.70. The molecule has 0 fully saturated rings. The molecule has 0 saturated heterocycles. The van der Waals surface area contributed by atoms with Gasteiger partial charge in [0.1, 0.15) is 5.54 Å². The SMILES string of the molecule is CNC(C)(CCCOc1ccc(Br)cc1[N+](=O)[O-])C(=O)O. The van der Waals surface area contributed by atoms with Crippen LogP contribution in [0.25, 0.3) is 0 Å². The standard InChI is InChI=1S/C13H17BrN2O5/c1-13(15-2,12(17)18)6-3-7-21-11-5-4-9(14)8-10(11)16(19)20/h4-5,8,15H,3,6-7H2,1-2H3,(H,17,18). The Balaban J connectivity index is 2.61. The molecule has 0 bridgehead atoms. The van der Waals surface area contributed by atoms with Gasteiger partial charge in [0.05, 0.1) is 11.5 Å². The van der Waals surface area contributed by atoms with Crippen LogP contribution >= 0.6 is 15.9 Å². The topological polar surface area (TPSA) is 102 Å². The van der Waals surface area contributed by atoms with Crippen LogP contribution in [0, 0.1) is 10.1 Å². The van der Waals surface area contributed by atoms with Gasteiger partial charge in [0, 0.05) is 10.5 Å². The van der Waals surface area contributed by atoms with Crippen molar-refractivity contribution in [2.75, 3.05) is 13.7 Å². The molecular weight excluding hydrogens is 344 g/mol. The Morgan fingerprint density at radius 1 is 1.57 bits per heavy atom. The molecule has 0 amide bonds. The maximum Gasteiger partial charge on any atom is 0.323 e. The van der Waals surface area contributed by atoms with Crippen LogP contribution in [0.2, 0.25) is 0 Å². The van der Waals surface area contributed by atoms with E-state index in [1.165, 1.54) is 12.1 Å². The van der Waals surface area contributed by atoms with Gasteiger partial charge in [0.25, 0.3) is 0 Å². The molecule has 2 N–H and O–H groups in total. The summed E-state index contributed by atoms with van der Waals surface area (Å²) in [6.45, 7) is 1.78. The van der Waals surface area contributed by atoms with Crippen molar-refractivity contribution in [1.29, 1.82) is 0 Å². The first-order chi connectivity index (χ1) is 9.80. The summed E-state index contributed by atoms with van der Waals surface area (Å²) < 4.78 is 5.98. The Bertz CT molecular complexity index is 537. The Kier molecular flexibility index (Phi) is 6.10. The number of ether oxygens (including phenoxy) is 1. The highest BCUT2D eigenvalue weighted by Gasteiger charge is 2.30. The largest absolute Gasteiger partial charge is 0.487 e. The zero-order valence-corrected chi connectivity index (χ0v) is 13.3. The van der Waals surface area contributed by atoms with Crippen LogP contribution in [0.15, 0.2) is 22.7 Å². The van der Waals surface area contributed by atoms with Gasteiger partial charge in [-0.15, -0.1) is 0 Å². The third-order valence-electron chi connectivity index (χ3n) is 3.22. The van der Waals surface area contributed by atoms with E-state index < -0.39 is 16.4 Å². The summed E-state index contributed by atoms with van der Waals surface area (Å²) in [7, 11) is 1.58. The van der Waals surface area contributed by atoms with Gasteiger partial charge in [-0.3, -0.25) is 14.9 Å². The number of nitro groups is 1. The molecule has 1 aromatic rings. The van der Waals surface area contributed by atoms with Gasteiger partial charge >= 0.3 is 11.7 Å². The van der Waals surface area contributed by atoms with Crippen molar-refractivity contribution in [3.05, 3.63) is 32.8 Å². The number of halogens is 1. The molecule has 1 unspecified atom stereocenters. The highest BCUT2D eigenvalue weighted by Crippen LogP contribution is 2.30. The summed E-state index contributed by atoms with van der Waals surface area (Å²) in [5.74, 6) is -0.774.